The smallest absolute Gasteiger partial charge is 0.323 e. The molecule has 0 rings (SSSR count). The predicted octanol–water partition coefficient (Wildman–Crippen LogP) is 0.539. The summed E-state index contributed by atoms with van der Waals surface area (Å²) in [6.07, 6.45) is 0. The highest BCUT2D eigenvalue weighted by atomic mass is 16.4. The van der Waals surface area contributed by atoms with E-state index >= 15 is 0 Å². The molecule has 0 aliphatic rings. The lowest BCUT2D eigenvalue weighted by Gasteiger charge is -2.27. The number of rotatable bonds is 6. The van der Waals surface area contributed by atoms with Crippen LogP contribution in [0.1, 0.15) is 27.7 Å². The van der Waals surface area contributed by atoms with Crippen molar-refractivity contribution >= 4 is 11.9 Å². The van der Waals surface area contributed by atoms with Gasteiger partial charge in [0.05, 0.1) is 6.04 Å². The number of amides is 1. The molecule has 0 saturated heterocycles. The van der Waals surface area contributed by atoms with Gasteiger partial charge in [-0.15, -0.1) is 0 Å². The molecule has 3 N–H and O–H groups in total. The van der Waals surface area contributed by atoms with Gasteiger partial charge in [-0.1, -0.05) is 27.7 Å². The molecule has 0 radical (unpaired) electrons. The second-order valence-corrected chi connectivity index (χ2v) is 4.78. The average molecular weight is 230 g/mol. The van der Waals surface area contributed by atoms with E-state index in [1.165, 1.54) is 4.90 Å². The first kappa shape index (κ1) is 14.9. The maximum absolute atomic E-state index is 11.9. The number of nitrogens with zero attached hydrogens (tertiary/aromatic N) is 1. The summed E-state index contributed by atoms with van der Waals surface area (Å²) in [5, 5.41) is 8.73. The lowest BCUT2D eigenvalue weighted by molar-refractivity contribution is -0.145. The minimum atomic E-state index is -1.01. The van der Waals surface area contributed by atoms with Crippen molar-refractivity contribution in [3.05, 3.63) is 0 Å². The van der Waals surface area contributed by atoms with Crippen molar-refractivity contribution < 1.29 is 14.7 Å². The highest BCUT2D eigenvalue weighted by Crippen LogP contribution is 2.06. The first-order valence-corrected chi connectivity index (χ1v) is 5.51. The third kappa shape index (κ3) is 5.11. The van der Waals surface area contributed by atoms with Crippen LogP contribution in [0.5, 0.6) is 0 Å². The molecule has 5 nitrogen and oxygen atoms in total. The number of carbonyl (C=O) groups is 2. The van der Waals surface area contributed by atoms with Gasteiger partial charge in [0.25, 0.3) is 0 Å². The minimum absolute atomic E-state index is 0.0101. The van der Waals surface area contributed by atoms with E-state index in [1.54, 1.807) is 0 Å². The van der Waals surface area contributed by atoms with Gasteiger partial charge in [-0.05, 0) is 11.8 Å². The number of carboxylic acid groups (broad SMARTS) is 1. The van der Waals surface area contributed by atoms with Gasteiger partial charge in [0.1, 0.15) is 6.54 Å². The predicted molar refractivity (Wildman–Crippen MR) is 61.9 cm³/mol. The maximum Gasteiger partial charge on any atom is 0.323 e. The molecule has 0 fully saturated rings. The standard InChI is InChI=1S/C11H22N2O3/c1-7(2)5-13(6-9(14)15)11(16)10(12)8(3)4/h7-8,10H,5-6,12H2,1-4H3,(H,14,15)/t10-/m0/s1. The summed E-state index contributed by atoms with van der Waals surface area (Å²) < 4.78 is 0. The largest absolute Gasteiger partial charge is 0.480 e. The van der Waals surface area contributed by atoms with Crippen LogP contribution in [-0.4, -0.2) is 41.0 Å². The number of carboxylic acids is 1. The van der Waals surface area contributed by atoms with Crippen molar-refractivity contribution in [2.24, 2.45) is 17.6 Å². The zero-order valence-corrected chi connectivity index (χ0v) is 10.4. The molecule has 0 spiro atoms. The Kier molecular flexibility index (Phi) is 6.03. The van der Waals surface area contributed by atoms with Gasteiger partial charge in [0.15, 0.2) is 0 Å². The number of aliphatic carboxylic acids is 1. The molecule has 0 aliphatic heterocycles. The van der Waals surface area contributed by atoms with E-state index in [0.29, 0.717) is 6.54 Å². The highest BCUT2D eigenvalue weighted by molar-refractivity contribution is 5.85. The van der Waals surface area contributed by atoms with E-state index in [-0.39, 0.29) is 24.3 Å². The fraction of sp³-hybridized carbons (Fsp3) is 0.818. The lowest BCUT2D eigenvalue weighted by Crippen LogP contribution is -2.49. The van der Waals surface area contributed by atoms with Crippen LogP contribution in [0.15, 0.2) is 0 Å². The summed E-state index contributed by atoms with van der Waals surface area (Å²) in [6.45, 7) is 7.70. The van der Waals surface area contributed by atoms with Crippen LogP contribution in [0.25, 0.3) is 0 Å². The van der Waals surface area contributed by atoms with E-state index < -0.39 is 12.0 Å². The molecule has 0 aromatic rings. The van der Waals surface area contributed by atoms with Crippen LogP contribution in [-0.2, 0) is 9.59 Å². The van der Waals surface area contributed by atoms with Gasteiger partial charge >= 0.3 is 5.97 Å². The molecular weight excluding hydrogens is 208 g/mol. The summed E-state index contributed by atoms with van der Waals surface area (Å²) >= 11 is 0. The molecule has 16 heavy (non-hydrogen) atoms. The molecule has 1 amide bonds. The van der Waals surface area contributed by atoms with Crippen molar-refractivity contribution in [1.82, 2.24) is 4.90 Å². The quantitative estimate of drug-likeness (QED) is 0.697. The fourth-order valence-corrected chi connectivity index (χ4v) is 1.33. The molecule has 0 unspecified atom stereocenters. The Morgan fingerprint density at radius 2 is 1.75 bits per heavy atom. The third-order valence-corrected chi connectivity index (χ3v) is 2.23. The number of nitrogens with two attached hydrogens (primary N) is 1. The SMILES string of the molecule is CC(C)CN(CC(=O)O)C(=O)[C@@H](N)C(C)C. The van der Waals surface area contributed by atoms with Crippen molar-refractivity contribution in [2.45, 2.75) is 33.7 Å². The Morgan fingerprint density at radius 1 is 1.25 bits per heavy atom. The monoisotopic (exact) mass is 230 g/mol. The van der Waals surface area contributed by atoms with Gasteiger partial charge in [-0.25, -0.2) is 0 Å². The number of carbonyl (C=O) groups excluding carboxylic acids is 1. The van der Waals surface area contributed by atoms with Gasteiger partial charge < -0.3 is 15.7 Å². The molecular formula is C11H22N2O3. The van der Waals surface area contributed by atoms with Crippen LogP contribution < -0.4 is 5.73 Å². The molecule has 1 atom stereocenters. The van der Waals surface area contributed by atoms with Crippen molar-refractivity contribution in [3.8, 4) is 0 Å². The van der Waals surface area contributed by atoms with E-state index in [4.69, 9.17) is 10.8 Å². The summed E-state index contributed by atoms with van der Waals surface area (Å²) in [6, 6.07) is -0.627. The van der Waals surface area contributed by atoms with Crippen LogP contribution in [0.4, 0.5) is 0 Å². The number of hydrogen-bond acceptors (Lipinski definition) is 3. The topological polar surface area (TPSA) is 83.6 Å². The Morgan fingerprint density at radius 3 is 2.06 bits per heavy atom. The van der Waals surface area contributed by atoms with Gasteiger partial charge in [-0.2, -0.15) is 0 Å². The second kappa shape index (κ2) is 6.48. The Hall–Kier alpha value is -1.10. The Labute approximate surface area is 96.6 Å². The summed E-state index contributed by atoms with van der Waals surface area (Å²) in [5.41, 5.74) is 5.73. The van der Waals surface area contributed by atoms with Crippen LogP contribution in [0.3, 0.4) is 0 Å². The van der Waals surface area contributed by atoms with Gasteiger partial charge in [0, 0.05) is 6.54 Å². The van der Waals surface area contributed by atoms with E-state index in [0.717, 1.165) is 0 Å². The van der Waals surface area contributed by atoms with E-state index in [1.807, 2.05) is 27.7 Å². The summed E-state index contributed by atoms with van der Waals surface area (Å²) in [5.74, 6) is -1.06. The van der Waals surface area contributed by atoms with E-state index in [2.05, 4.69) is 0 Å². The fourth-order valence-electron chi connectivity index (χ4n) is 1.33. The van der Waals surface area contributed by atoms with Crippen molar-refractivity contribution in [1.29, 1.82) is 0 Å². The molecule has 0 heterocycles. The molecule has 0 saturated carbocycles. The molecule has 94 valence electrons. The van der Waals surface area contributed by atoms with Crippen molar-refractivity contribution in [3.63, 3.8) is 0 Å². The van der Waals surface area contributed by atoms with Crippen LogP contribution >= 0.6 is 0 Å². The molecule has 0 aromatic carbocycles. The summed E-state index contributed by atoms with van der Waals surface area (Å²) in [7, 11) is 0. The van der Waals surface area contributed by atoms with Gasteiger partial charge in [0.2, 0.25) is 5.91 Å². The van der Waals surface area contributed by atoms with Crippen LogP contribution in [0, 0.1) is 11.8 Å². The van der Waals surface area contributed by atoms with Crippen LogP contribution in [0.2, 0.25) is 0 Å². The third-order valence-electron chi connectivity index (χ3n) is 2.23. The lowest BCUT2D eigenvalue weighted by atomic mass is 10.0. The maximum atomic E-state index is 11.9. The zero-order valence-electron chi connectivity index (χ0n) is 10.4. The zero-order chi connectivity index (χ0) is 12.9. The summed E-state index contributed by atoms with van der Waals surface area (Å²) in [4.78, 5) is 23.9. The highest BCUT2D eigenvalue weighted by Gasteiger charge is 2.25. The van der Waals surface area contributed by atoms with Crippen molar-refractivity contribution in [2.75, 3.05) is 13.1 Å². The molecule has 0 bridgehead atoms. The van der Waals surface area contributed by atoms with Gasteiger partial charge in [-0.3, -0.25) is 9.59 Å². The average Bonchev–Trinajstić information content (AvgIpc) is 2.12. The molecule has 0 aliphatic carbocycles. The van der Waals surface area contributed by atoms with E-state index in [9.17, 15) is 9.59 Å². The molecule has 0 aromatic heterocycles. The molecule has 5 heteroatoms. The first-order chi connectivity index (χ1) is 7.25. The first-order valence-electron chi connectivity index (χ1n) is 5.51. The minimum Gasteiger partial charge on any atom is -0.480 e. The second-order valence-electron chi connectivity index (χ2n) is 4.78. The normalized spacial score (nSPS) is 12.9. The Bertz CT molecular complexity index is 252. The number of hydrogen-bond donors (Lipinski definition) is 2. The Balaban J connectivity index is 4.61.